The molecule has 94 valence electrons. The van der Waals surface area contributed by atoms with Crippen molar-refractivity contribution in [3.63, 3.8) is 0 Å². The van der Waals surface area contributed by atoms with Gasteiger partial charge in [-0.05, 0) is 22.7 Å². The maximum Gasteiger partial charge on any atom is 0.338 e. The Morgan fingerprint density at radius 2 is 1.79 bits per heavy atom. The number of hydrogen-bond donors (Lipinski definition) is 0. The summed E-state index contributed by atoms with van der Waals surface area (Å²) in [5.74, 6) is -0.508. The minimum atomic E-state index is -0.508. The van der Waals surface area contributed by atoms with Crippen molar-refractivity contribution in [1.82, 2.24) is 0 Å². The van der Waals surface area contributed by atoms with Crippen LogP contribution in [0.4, 0.5) is 0 Å². The zero-order valence-electron chi connectivity index (χ0n) is 10.1. The van der Waals surface area contributed by atoms with Crippen molar-refractivity contribution in [2.75, 3.05) is 6.73 Å². The zero-order valence-corrected chi connectivity index (χ0v) is 10.1. The molecule has 0 saturated heterocycles. The first-order chi connectivity index (χ1) is 9.33. The molecule has 0 heterocycles. The van der Waals surface area contributed by atoms with Gasteiger partial charge in [-0.3, -0.25) is 0 Å². The third kappa shape index (κ3) is 3.12. The lowest BCUT2D eigenvalue weighted by molar-refractivity contribution is 0.0516. The molecule has 0 atom stereocenters. The molecular weight excluding hydrogens is 242 g/mol. The molecule has 0 radical (unpaired) electrons. The number of azide groups is 1. The van der Waals surface area contributed by atoms with Gasteiger partial charge < -0.3 is 4.74 Å². The Morgan fingerprint density at radius 1 is 1.11 bits per heavy atom. The smallest absolute Gasteiger partial charge is 0.338 e. The Balaban J connectivity index is 2.31. The average Bonchev–Trinajstić information content (AvgIpc) is 2.48. The second-order valence-electron chi connectivity index (χ2n) is 3.70. The van der Waals surface area contributed by atoms with Crippen molar-refractivity contribution < 1.29 is 9.53 Å². The van der Waals surface area contributed by atoms with Gasteiger partial charge in [0.2, 0.25) is 0 Å². The predicted octanol–water partition coefficient (Wildman–Crippen LogP) is 3.78. The summed E-state index contributed by atoms with van der Waals surface area (Å²) in [4.78, 5) is 14.4. The van der Waals surface area contributed by atoms with Crippen LogP contribution in [0.1, 0.15) is 10.4 Å². The fraction of sp³-hybridized carbons (Fsp3) is 0.0714. The van der Waals surface area contributed by atoms with Crippen LogP contribution in [0.15, 0.2) is 59.7 Å². The van der Waals surface area contributed by atoms with Gasteiger partial charge in [0.05, 0.1) is 5.56 Å². The molecule has 0 aliphatic heterocycles. The summed E-state index contributed by atoms with van der Waals surface area (Å²) in [5, 5.41) is 3.18. The summed E-state index contributed by atoms with van der Waals surface area (Å²) < 4.78 is 4.87. The fourth-order valence-electron chi connectivity index (χ4n) is 1.72. The summed E-state index contributed by atoms with van der Waals surface area (Å²) in [6.45, 7) is -0.307. The number of carbonyl (C=O) groups is 1. The summed E-state index contributed by atoms with van der Waals surface area (Å²) in [5.41, 5.74) is 10.3. The molecule has 19 heavy (non-hydrogen) atoms. The first kappa shape index (κ1) is 12.7. The normalized spacial score (nSPS) is 9.47. The zero-order chi connectivity index (χ0) is 13.5. The van der Waals surface area contributed by atoms with E-state index in [0.717, 1.165) is 11.1 Å². The number of ether oxygens (including phenoxy) is 1. The molecule has 0 amide bonds. The van der Waals surface area contributed by atoms with E-state index in [2.05, 4.69) is 10.0 Å². The number of rotatable bonds is 4. The van der Waals surface area contributed by atoms with Crippen LogP contribution in [-0.2, 0) is 4.74 Å². The first-order valence-corrected chi connectivity index (χ1v) is 5.65. The average molecular weight is 253 g/mol. The summed E-state index contributed by atoms with van der Waals surface area (Å²) >= 11 is 0. The van der Waals surface area contributed by atoms with Crippen LogP contribution in [0.5, 0.6) is 0 Å². The largest absolute Gasteiger partial charge is 0.456 e. The van der Waals surface area contributed by atoms with Crippen molar-refractivity contribution in [2.24, 2.45) is 5.11 Å². The molecule has 0 aromatic heterocycles. The third-order valence-corrected chi connectivity index (χ3v) is 2.55. The highest BCUT2D eigenvalue weighted by Crippen LogP contribution is 2.23. The van der Waals surface area contributed by atoms with Crippen molar-refractivity contribution >= 4 is 5.97 Å². The van der Waals surface area contributed by atoms with Crippen LogP contribution < -0.4 is 0 Å². The predicted molar refractivity (Wildman–Crippen MR) is 71.3 cm³/mol. The minimum absolute atomic E-state index is 0.307. The van der Waals surface area contributed by atoms with Gasteiger partial charge in [0, 0.05) is 4.91 Å². The van der Waals surface area contributed by atoms with Gasteiger partial charge >= 0.3 is 5.97 Å². The van der Waals surface area contributed by atoms with Gasteiger partial charge in [-0.25, -0.2) is 4.79 Å². The van der Waals surface area contributed by atoms with E-state index in [-0.39, 0.29) is 6.73 Å². The van der Waals surface area contributed by atoms with Crippen LogP contribution >= 0.6 is 0 Å². The number of carbonyl (C=O) groups excluding carboxylic acids is 1. The highest BCUT2D eigenvalue weighted by atomic mass is 16.5. The minimum Gasteiger partial charge on any atom is -0.456 e. The summed E-state index contributed by atoms with van der Waals surface area (Å²) in [7, 11) is 0. The number of hydrogen-bond acceptors (Lipinski definition) is 3. The molecule has 5 nitrogen and oxygen atoms in total. The number of benzene rings is 2. The van der Waals surface area contributed by atoms with Crippen molar-refractivity contribution in [3.8, 4) is 11.1 Å². The molecule has 2 aromatic carbocycles. The van der Waals surface area contributed by atoms with Gasteiger partial charge in [0.1, 0.15) is 0 Å². The van der Waals surface area contributed by atoms with Gasteiger partial charge in [0.25, 0.3) is 0 Å². The molecule has 0 fully saturated rings. The van der Waals surface area contributed by atoms with Gasteiger partial charge in [-0.15, -0.1) is 0 Å². The lowest BCUT2D eigenvalue weighted by Crippen LogP contribution is -2.06. The Morgan fingerprint density at radius 3 is 2.53 bits per heavy atom. The Kier molecular flexibility index (Phi) is 4.16. The maximum atomic E-state index is 11.9. The molecule has 0 N–H and O–H groups in total. The van der Waals surface area contributed by atoms with E-state index in [9.17, 15) is 4.79 Å². The highest BCUT2D eigenvalue weighted by molar-refractivity contribution is 5.97. The van der Waals surface area contributed by atoms with Crippen molar-refractivity contribution in [3.05, 3.63) is 70.6 Å². The van der Waals surface area contributed by atoms with Crippen LogP contribution in [0.3, 0.4) is 0 Å². The quantitative estimate of drug-likeness (QED) is 0.360. The van der Waals surface area contributed by atoms with E-state index >= 15 is 0 Å². The molecule has 2 aromatic rings. The molecule has 0 spiro atoms. The lowest BCUT2D eigenvalue weighted by atomic mass is 10.00. The molecule has 2 rings (SSSR count). The van der Waals surface area contributed by atoms with Crippen LogP contribution in [0, 0.1) is 0 Å². The Bertz CT molecular complexity index is 620. The van der Waals surface area contributed by atoms with Crippen LogP contribution in [0.25, 0.3) is 21.6 Å². The van der Waals surface area contributed by atoms with Gasteiger partial charge in [0.15, 0.2) is 6.73 Å². The molecule has 0 saturated carbocycles. The van der Waals surface area contributed by atoms with Crippen molar-refractivity contribution in [1.29, 1.82) is 0 Å². The number of esters is 1. The van der Waals surface area contributed by atoms with E-state index < -0.39 is 5.97 Å². The van der Waals surface area contributed by atoms with E-state index in [1.165, 1.54) is 0 Å². The topological polar surface area (TPSA) is 75.1 Å². The molecule has 0 unspecified atom stereocenters. The third-order valence-electron chi connectivity index (χ3n) is 2.55. The summed E-state index contributed by atoms with van der Waals surface area (Å²) in [6.07, 6.45) is 0. The monoisotopic (exact) mass is 253 g/mol. The standard InChI is InChI=1S/C14H11N3O2/c15-17-16-10-19-14(18)13-9-5-4-8-12(13)11-6-2-1-3-7-11/h1-9H,10H2. The van der Waals surface area contributed by atoms with E-state index in [1.807, 2.05) is 42.5 Å². The second kappa shape index (κ2) is 6.23. The second-order valence-corrected chi connectivity index (χ2v) is 3.70. The van der Waals surface area contributed by atoms with Crippen LogP contribution in [0.2, 0.25) is 0 Å². The van der Waals surface area contributed by atoms with Crippen molar-refractivity contribution in [2.45, 2.75) is 0 Å². The molecular formula is C14H11N3O2. The maximum absolute atomic E-state index is 11.9. The summed E-state index contributed by atoms with van der Waals surface area (Å²) in [6, 6.07) is 16.7. The van der Waals surface area contributed by atoms with E-state index in [1.54, 1.807) is 12.1 Å². The Hall–Kier alpha value is -2.78. The lowest BCUT2D eigenvalue weighted by Gasteiger charge is -2.08. The molecule has 5 heteroatoms. The molecule has 0 aliphatic rings. The van der Waals surface area contributed by atoms with Crippen LogP contribution in [-0.4, -0.2) is 12.7 Å². The van der Waals surface area contributed by atoms with E-state index in [0.29, 0.717) is 5.56 Å². The fourth-order valence-corrected chi connectivity index (χ4v) is 1.72. The van der Waals surface area contributed by atoms with Gasteiger partial charge in [-0.2, -0.15) is 0 Å². The molecule has 0 bridgehead atoms. The first-order valence-electron chi connectivity index (χ1n) is 5.65. The van der Waals surface area contributed by atoms with E-state index in [4.69, 9.17) is 10.3 Å². The molecule has 0 aliphatic carbocycles. The highest BCUT2D eigenvalue weighted by Gasteiger charge is 2.12. The van der Waals surface area contributed by atoms with Gasteiger partial charge in [-0.1, -0.05) is 53.6 Å². The SMILES string of the molecule is [N-]=[N+]=NCOC(=O)c1ccccc1-c1ccccc1. The Labute approximate surface area is 110 Å². The number of nitrogens with zero attached hydrogens (tertiary/aromatic N) is 3.